The molecule has 15 heavy (non-hydrogen) atoms. The smallest absolute Gasteiger partial charge is 0.195 e. The number of benzene rings is 1. The van der Waals surface area contributed by atoms with Crippen molar-refractivity contribution in [3.05, 3.63) is 35.9 Å². The van der Waals surface area contributed by atoms with Crippen LogP contribution in [0.15, 0.2) is 30.3 Å². The van der Waals surface area contributed by atoms with E-state index in [1.54, 1.807) is 0 Å². The van der Waals surface area contributed by atoms with Gasteiger partial charge in [-0.25, -0.2) is 0 Å². The Morgan fingerprint density at radius 1 is 1.20 bits per heavy atom. The van der Waals surface area contributed by atoms with Crippen LogP contribution in [0.1, 0.15) is 18.4 Å². The molecule has 2 nitrogen and oxygen atoms in total. The normalized spacial score (nSPS) is 12.5. The maximum Gasteiger partial charge on any atom is 0.317 e. The van der Waals surface area contributed by atoms with Crippen molar-refractivity contribution in [3.8, 4) is 0 Å². The second-order valence-electron chi connectivity index (χ2n) is 2.84. The molecule has 0 saturated heterocycles. The van der Waals surface area contributed by atoms with Gasteiger partial charge in [0.05, 0.1) is 0 Å². The molecule has 0 aliphatic heterocycles. The fourth-order valence-electron chi connectivity index (χ4n) is 0.871. The molecule has 0 heterocycles. The lowest BCUT2D eigenvalue weighted by molar-refractivity contribution is 0.621. The Bertz CT molecular complexity index is 356. The molecule has 0 radical (unpaired) electrons. The molecule has 0 N–H and O–H groups in total. The maximum atomic E-state index is 9.16. The molecule has 1 atom stereocenters. The van der Waals surface area contributed by atoms with Crippen molar-refractivity contribution in [1.82, 2.24) is 0 Å². The Morgan fingerprint density at radius 3 is 1.93 bits per heavy atom. The Balaban J connectivity index is 0.000000336. The van der Waals surface area contributed by atoms with Gasteiger partial charge < -0.3 is 0 Å². The second kappa shape index (κ2) is 7.34. The highest BCUT2D eigenvalue weighted by molar-refractivity contribution is 8.31. The van der Waals surface area contributed by atoms with Gasteiger partial charge in [-0.3, -0.25) is 0 Å². The Hall–Kier alpha value is 0.0400. The predicted octanol–water partition coefficient (Wildman–Crippen LogP) is 3.74. The van der Waals surface area contributed by atoms with Crippen LogP contribution in [0.3, 0.4) is 0 Å². The van der Waals surface area contributed by atoms with E-state index in [1.165, 1.54) is 5.56 Å². The molecule has 0 bridgehead atoms. The molecule has 0 aliphatic carbocycles. The van der Waals surface area contributed by atoms with Crippen LogP contribution in [0.2, 0.25) is 0 Å². The molecule has 0 amide bonds. The minimum Gasteiger partial charge on any atom is -0.195 e. The van der Waals surface area contributed by atoms with Gasteiger partial charge in [-0.15, -0.1) is 11.6 Å². The summed E-state index contributed by atoms with van der Waals surface area (Å²) in [7, 11) is 4.81. The highest BCUT2D eigenvalue weighted by atomic mass is 36.0. The summed E-state index contributed by atoms with van der Waals surface area (Å²) in [5.41, 5.74) is 1.32. The van der Waals surface area contributed by atoms with Crippen LogP contribution < -0.4 is 0 Å². The van der Waals surface area contributed by atoms with Crippen molar-refractivity contribution in [3.63, 3.8) is 0 Å². The van der Waals surface area contributed by atoms with Gasteiger partial charge in [-0.2, -0.15) is 8.42 Å². The number of halogens is 3. The van der Waals surface area contributed by atoms with E-state index in [1.807, 2.05) is 18.2 Å². The van der Waals surface area contributed by atoms with Crippen LogP contribution in [0, 0.1) is 0 Å². The van der Waals surface area contributed by atoms with Crippen LogP contribution in [0.4, 0.5) is 0 Å². The van der Waals surface area contributed by atoms with E-state index in [9.17, 15) is 0 Å². The van der Waals surface area contributed by atoms with Crippen LogP contribution in [0.25, 0.3) is 0 Å². The molecule has 0 spiro atoms. The number of hydrogen-bond donors (Lipinski definition) is 0. The van der Waals surface area contributed by atoms with E-state index < -0.39 is 8.26 Å². The van der Waals surface area contributed by atoms with Gasteiger partial charge in [-0.1, -0.05) is 37.3 Å². The predicted molar refractivity (Wildman–Crippen MR) is 66.2 cm³/mol. The molecule has 1 unspecified atom stereocenters. The Labute approximate surface area is 104 Å². The Kier molecular flexibility index (Phi) is 7.36. The number of alkyl halides is 1. The molecule has 0 fully saturated rings. The third-order valence-corrected chi connectivity index (χ3v) is 2.06. The van der Waals surface area contributed by atoms with Gasteiger partial charge in [0.1, 0.15) is 0 Å². The largest absolute Gasteiger partial charge is 0.317 e. The zero-order valence-corrected chi connectivity index (χ0v) is 11.1. The van der Waals surface area contributed by atoms with E-state index in [-0.39, 0.29) is 0 Å². The summed E-state index contributed by atoms with van der Waals surface area (Å²) < 4.78 is 18.3. The van der Waals surface area contributed by atoms with E-state index >= 15 is 0 Å². The average Bonchev–Trinajstić information content (AvgIpc) is 2.15. The van der Waals surface area contributed by atoms with Crippen LogP contribution >= 0.6 is 33.0 Å². The molecule has 0 aliphatic rings. The Morgan fingerprint density at radius 2 is 1.60 bits per heavy atom. The maximum absolute atomic E-state index is 9.16. The standard InChI is InChI=1S/C9H11Cl.Cl2O2S/c1-8(7-10)9-5-3-2-4-6-9;1-5(2,3)4/h2-6,8H,7H2,1H3;. The summed E-state index contributed by atoms with van der Waals surface area (Å²) in [6.07, 6.45) is 0. The molecule has 0 saturated carbocycles. The summed E-state index contributed by atoms with van der Waals surface area (Å²) in [5.74, 6) is 1.17. The molecular weight excluding hydrogens is 279 g/mol. The number of rotatable bonds is 2. The summed E-state index contributed by atoms with van der Waals surface area (Å²) in [6, 6.07) is 10.3. The number of hydrogen-bond acceptors (Lipinski definition) is 2. The third kappa shape index (κ3) is 10.3. The van der Waals surface area contributed by atoms with Gasteiger partial charge in [0.25, 0.3) is 0 Å². The first-order valence-electron chi connectivity index (χ1n) is 4.09. The van der Waals surface area contributed by atoms with Crippen molar-refractivity contribution in [2.24, 2.45) is 0 Å². The summed E-state index contributed by atoms with van der Waals surface area (Å²) >= 11 is 5.69. The summed E-state index contributed by atoms with van der Waals surface area (Å²) in [6.45, 7) is 2.13. The summed E-state index contributed by atoms with van der Waals surface area (Å²) in [4.78, 5) is 0. The van der Waals surface area contributed by atoms with E-state index in [0.717, 1.165) is 0 Å². The molecule has 1 rings (SSSR count). The first kappa shape index (κ1) is 15.0. The van der Waals surface area contributed by atoms with E-state index in [0.29, 0.717) is 11.8 Å². The van der Waals surface area contributed by atoms with Crippen LogP contribution in [0.5, 0.6) is 0 Å². The quantitative estimate of drug-likeness (QED) is 0.614. The molecule has 1 aromatic carbocycles. The monoisotopic (exact) mass is 288 g/mol. The zero-order valence-electron chi connectivity index (χ0n) is 8.03. The van der Waals surface area contributed by atoms with E-state index in [4.69, 9.17) is 20.0 Å². The average molecular weight is 290 g/mol. The second-order valence-corrected chi connectivity index (χ2v) is 6.82. The van der Waals surface area contributed by atoms with Crippen molar-refractivity contribution in [2.75, 3.05) is 5.88 Å². The zero-order chi connectivity index (χ0) is 11.9. The molecule has 86 valence electrons. The first-order chi connectivity index (χ1) is 6.84. The van der Waals surface area contributed by atoms with Crippen LogP contribution in [-0.2, 0) is 8.26 Å². The topological polar surface area (TPSA) is 34.1 Å². The first-order valence-corrected chi connectivity index (χ1v) is 7.76. The highest BCUT2D eigenvalue weighted by Crippen LogP contribution is 2.14. The fraction of sp³-hybridized carbons (Fsp3) is 0.333. The lowest BCUT2D eigenvalue weighted by Gasteiger charge is -2.05. The fourth-order valence-corrected chi connectivity index (χ4v) is 1.05. The molecule has 0 aromatic heterocycles. The van der Waals surface area contributed by atoms with Crippen molar-refractivity contribution in [1.29, 1.82) is 0 Å². The minimum absolute atomic E-state index is 0.475. The lowest BCUT2D eigenvalue weighted by Crippen LogP contribution is -1.92. The van der Waals surface area contributed by atoms with Gasteiger partial charge in [0.2, 0.25) is 0 Å². The molecule has 1 aromatic rings. The van der Waals surface area contributed by atoms with Crippen molar-refractivity contribution < 1.29 is 8.42 Å². The highest BCUT2D eigenvalue weighted by Gasteiger charge is 2.00. The minimum atomic E-state index is -3.72. The lowest BCUT2D eigenvalue weighted by atomic mass is 10.0. The SMILES string of the molecule is CC(CCl)c1ccccc1.O=S(=O)(Cl)Cl. The van der Waals surface area contributed by atoms with Gasteiger partial charge in [-0.05, 0) is 11.5 Å². The summed E-state index contributed by atoms with van der Waals surface area (Å²) in [5, 5.41) is 0. The van der Waals surface area contributed by atoms with Gasteiger partial charge in [0, 0.05) is 27.2 Å². The third-order valence-electron chi connectivity index (χ3n) is 1.60. The molecule has 6 heteroatoms. The van der Waals surface area contributed by atoms with Crippen LogP contribution in [-0.4, -0.2) is 14.3 Å². The molecular formula is C9H11Cl3O2S. The van der Waals surface area contributed by atoms with Crippen molar-refractivity contribution in [2.45, 2.75) is 12.8 Å². The van der Waals surface area contributed by atoms with Crippen molar-refractivity contribution >= 4 is 41.2 Å². The van der Waals surface area contributed by atoms with Gasteiger partial charge >= 0.3 is 8.26 Å². The van der Waals surface area contributed by atoms with E-state index in [2.05, 4.69) is 40.4 Å². The van der Waals surface area contributed by atoms with Gasteiger partial charge in [0.15, 0.2) is 0 Å².